The quantitative estimate of drug-likeness (QED) is 0.308. The molecule has 33 heavy (non-hydrogen) atoms. The summed E-state index contributed by atoms with van der Waals surface area (Å²) in [6.07, 6.45) is 2.63. The maximum Gasteiger partial charge on any atom is 0.255 e. The summed E-state index contributed by atoms with van der Waals surface area (Å²) in [6, 6.07) is 27.1. The fourth-order valence-corrected chi connectivity index (χ4v) is 3.59. The summed E-state index contributed by atoms with van der Waals surface area (Å²) in [5, 5.41) is 2.96. The van der Waals surface area contributed by atoms with Crippen LogP contribution in [0, 0.1) is 0 Å². The molecule has 0 radical (unpaired) electrons. The van der Waals surface area contributed by atoms with Crippen LogP contribution < -0.4 is 26.4 Å². The van der Waals surface area contributed by atoms with Gasteiger partial charge in [0.05, 0.1) is 12.3 Å². The highest BCUT2D eigenvalue weighted by Crippen LogP contribution is 2.29. The number of aromatic nitrogens is 1. The van der Waals surface area contributed by atoms with Gasteiger partial charge in [0.25, 0.3) is 5.91 Å². The zero-order chi connectivity index (χ0) is 22.5. The van der Waals surface area contributed by atoms with Gasteiger partial charge in [0.2, 0.25) is 0 Å². The van der Waals surface area contributed by atoms with Crippen LogP contribution in [0.15, 0.2) is 91.1 Å². The maximum absolute atomic E-state index is 12.7. The van der Waals surface area contributed by atoms with Gasteiger partial charge in [0.1, 0.15) is 5.75 Å². The largest absolute Gasteiger partial charge is 0.493 e. The predicted molar refractivity (Wildman–Crippen MR) is 134 cm³/mol. The highest BCUT2D eigenvalue weighted by Gasteiger charge is 2.12. The molecule has 4 N–H and O–H groups in total. The van der Waals surface area contributed by atoms with E-state index in [2.05, 4.69) is 38.8 Å². The van der Waals surface area contributed by atoms with E-state index in [1.807, 2.05) is 60.7 Å². The van der Waals surface area contributed by atoms with Crippen LogP contribution in [0.2, 0.25) is 0 Å². The van der Waals surface area contributed by atoms with Crippen molar-refractivity contribution in [1.29, 1.82) is 0 Å². The Morgan fingerprint density at radius 1 is 0.909 bits per heavy atom. The summed E-state index contributed by atoms with van der Waals surface area (Å²) in [7, 11) is 0. The highest BCUT2D eigenvalue weighted by molar-refractivity contribution is 6.04. The lowest BCUT2D eigenvalue weighted by atomic mass is 10.1. The Hall–Kier alpha value is -4.36. The van der Waals surface area contributed by atoms with E-state index in [0.717, 1.165) is 34.8 Å². The van der Waals surface area contributed by atoms with Crippen LogP contribution in [0.5, 0.6) is 5.75 Å². The van der Waals surface area contributed by atoms with Crippen molar-refractivity contribution in [2.75, 3.05) is 22.8 Å². The Balaban J connectivity index is 0.00000171. The maximum atomic E-state index is 12.7. The molecular weight excluding hydrogens is 414 g/mol. The first-order chi connectivity index (χ1) is 16.2. The molecule has 0 saturated heterocycles. The molecule has 1 aliphatic heterocycles. The summed E-state index contributed by atoms with van der Waals surface area (Å²) < 4.78 is 5.81. The standard InChI is InChI=1S/C26H23N5O2.2H2/c32-26(19-9-11-23(12-10-19)33-14-13-18-5-2-1-3-6-18)28-22-8-4-7-20(15-22)21-16-24-25(27-17-21)30-31-29-24;;/h1-12,15-17,29,31H,13-14H2,(H,27,30)(H,28,32);2*1H. The van der Waals surface area contributed by atoms with E-state index in [9.17, 15) is 4.79 Å². The third kappa shape index (κ3) is 4.94. The molecule has 0 bridgehead atoms. The van der Waals surface area contributed by atoms with Crippen molar-refractivity contribution in [3.8, 4) is 16.9 Å². The molecule has 7 heteroatoms. The van der Waals surface area contributed by atoms with Gasteiger partial charge in [0, 0.05) is 32.3 Å². The van der Waals surface area contributed by atoms with E-state index in [4.69, 9.17) is 4.74 Å². The number of carbonyl (C=O) groups is 1. The first kappa shape index (κ1) is 20.5. The number of nitrogens with one attached hydrogen (secondary N) is 4. The number of hydrazine groups is 2. The number of anilines is 3. The number of hydrogen-bond acceptors (Lipinski definition) is 6. The first-order valence-electron chi connectivity index (χ1n) is 10.7. The van der Waals surface area contributed by atoms with Crippen LogP contribution in [0.1, 0.15) is 18.8 Å². The minimum absolute atomic E-state index is 0. The number of nitrogens with zero attached hydrogens (tertiary/aromatic N) is 1. The van der Waals surface area contributed by atoms with Crippen molar-refractivity contribution in [3.05, 3.63) is 102 Å². The smallest absolute Gasteiger partial charge is 0.255 e. The van der Waals surface area contributed by atoms with Gasteiger partial charge in [-0.1, -0.05) is 42.5 Å². The number of benzene rings is 3. The third-order valence-corrected chi connectivity index (χ3v) is 5.34. The summed E-state index contributed by atoms with van der Waals surface area (Å²) in [6.45, 7) is 0.585. The molecule has 1 amide bonds. The van der Waals surface area contributed by atoms with Gasteiger partial charge in [-0.15, -0.1) is 5.53 Å². The molecule has 5 rings (SSSR count). The Morgan fingerprint density at radius 2 is 1.76 bits per heavy atom. The average Bonchev–Trinajstić information content (AvgIpc) is 3.33. The molecule has 0 saturated carbocycles. The van der Waals surface area contributed by atoms with Gasteiger partial charge >= 0.3 is 0 Å². The van der Waals surface area contributed by atoms with Gasteiger partial charge in [-0.25, -0.2) is 4.98 Å². The lowest BCUT2D eigenvalue weighted by Crippen LogP contribution is -2.19. The van der Waals surface area contributed by atoms with E-state index in [1.165, 1.54) is 5.56 Å². The second-order valence-electron chi connectivity index (χ2n) is 7.64. The number of fused-ring (bicyclic) bond motifs is 1. The Morgan fingerprint density at radius 3 is 2.61 bits per heavy atom. The van der Waals surface area contributed by atoms with Gasteiger partial charge in [-0.2, -0.15) is 0 Å². The molecule has 0 unspecified atom stereocenters. The number of hydrogen-bond donors (Lipinski definition) is 4. The van der Waals surface area contributed by atoms with Crippen molar-refractivity contribution >= 4 is 23.1 Å². The van der Waals surface area contributed by atoms with Crippen molar-refractivity contribution in [1.82, 2.24) is 10.5 Å². The number of ether oxygens (including phenoxy) is 1. The number of rotatable bonds is 7. The van der Waals surface area contributed by atoms with Crippen LogP contribution >= 0.6 is 0 Å². The van der Waals surface area contributed by atoms with E-state index < -0.39 is 0 Å². The Bertz CT molecular complexity index is 1270. The van der Waals surface area contributed by atoms with Crippen molar-refractivity contribution in [2.45, 2.75) is 6.42 Å². The molecule has 0 aliphatic carbocycles. The van der Waals surface area contributed by atoms with E-state index in [0.29, 0.717) is 17.9 Å². The van der Waals surface area contributed by atoms with Crippen molar-refractivity contribution in [2.24, 2.45) is 0 Å². The van der Waals surface area contributed by atoms with Crippen molar-refractivity contribution < 1.29 is 12.4 Å². The third-order valence-electron chi connectivity index (χ3n) is 5.34. The summed E-state index contributed by atoms with van der Waals surface area (Å²) in [5.74, 6) is 1.31. The molecule has 7 nitrogen and oxygen atoms in total. The molecule has 0 spiro atoms. The lowest BCUT2D eigenvalue weighted by Gasteiger charge is -2.10. The zero-order valence-electron chi connectivity index (χ0n) is 17.8. The van der Waals surface area contributed by atoms with Crippen LogP contribution in [0.4, 0.5) is 17.2 Å². The first-order valence-corrected chi connectivity index (χ1v) is 10.7. The van der Waals surface area contributed by atoms with Gasteiger partial charge in [0.15, 0.2) is 5.82 Å². The van der Waals surface area contributed by atoms with E-state index in [1.54, 1.807) is 18.3 Å². The lowest BCUT2D eigenvalue weighted by molar-refractivity contribution is 0.102. The molecule has 0 atom stereocenters. The van der Waals surface area contributed by atoms with Crippen molar-refractivity contribution in [3.63, 3.8) is 0 Å². The molecule has 1 aromatic heterocycles. The summed E-state index contributed by atoms with van der Waals surface area (Å²) in [5.41, 5.74) is 14.0. The van der Waals surface area contributed by atoms with Crippen LogP contribution in [-0.2, 0) is 6.42 Å². The minimum atomic E-state index is -0.176. The molecule has 4 aromatic rings. The predicted octanol–water partition coefficient (Wildman–Crippen LogP) is 5.37. The average molecular weight is 442 g/mol. The second kappa shape index (κ2) is 9.42. The molecule has 2 heterocycles. The van der Waals surface area contributed by atoms with E-state index >= 15 is 0 Å². The summed E-state index contributed by atoms with van der Waals surface area (Å²) in [4.78, 5) is 17.1. The zero-order valence-corrected chi connectivity index (χ0v) is 17.8. The van der Waals surface area contributed by atoms with Gasteiger partial charge in [-0.05, 0) is 53.6 Å². The minimum Gasteiger partial charge on any atom is -0.493 e. The fraction of sp³-hybridized carbons (Fsp3) is 0.0769. The monoisotopic (exact) mass is 441 g/mol. The highest BCUT2D eigenvalue weighted by atomic mass is 16.5. The molecule has 3 aromatic carbocycles. The normalized spacial score (nSPS) is 11.8. The molecule has 168 valence electrons. The Kier molecular flexibility index (Phi) is 5.86. The molecule has 0 fully saturated rings. The molecule has 1 aliphatic rings. The van der Waals surface area contributed by atoms with Gasteiger partial charge < -0.3 is 15.5 Å². The molecular formula is C26H27N5O2. The van der Waals surface area contributed by atoms with E-state index in [-0.39, 0.29) is 8.76 Å². The summed E-state index contributed by atoms with van der Waals surface area (Å²) >= 11 is 0. The number of carbonyl (C=O) groups excluding carboxylic acids is 1. The number of amides is 1. The van der Waals surface area contributed by atoms with Gasteiger partial charge in [-0.3, -0.25) is 10.2 Å². The SMILES string of the molecule is O=C(Nc1cccc(-c2cnc3c(c2)NNN3)c1)c1ccc(OCCc2ccccc2)cc1.[HH].[HH]. The second-order valence-corrected chi connectivity index (χ2v) is 7.64. The van der Waals surface area contributed by atoms with Crippen LogP contribution in [0.3, 0.4) is 0 Å². The Labute approximate surface area is 194 Å². The van der Waals surface area contributed by atoms with Crippen LogP contribution in [-0.4, -0.2) is 17.5 Å². The number of pyridine rings is 1. The fourth-order valence-electron chi connectivity index (χ4n) is 3.59. The van der Waals surface area contributed by atoms with Crippen LogP contribution in [0.25, 0.3) is 11.1 Å². The topological polar surface area (TPSA) is 87.3 Å².